The Morgan fingerprint density at radius 2 is 1.18 bits per heavy atom. The van der Waals surface area contributed by atoms with Crippen LogP contribution in [0.4, 0.5) is 0 Å². The number of quaternary nitrogens is 1. The van der Waals surface area contributed by atoms with E-state index in [0.717, 1.165) is 44.9 Å². The highest BCUT2D eigenvalue weighted by atomic mass is 31.2. The van der Waals surface area contributed by atoms with E-state index in [1.165, 1.54) is 89.9 Å². The van der Waals surface area contributed by atoms with E-state index in [-0.39, 0.29) is 25.8 Å². The van der Waals surface area contributed by atoms with Gasteiger partial charge < -0.3 is 27.9 Å². The Morgan fingerprint density at radius 1 is 0.667 bits per heavy atom. The van der Waals surface area contributed by atoms with Crippen molar-refractivity contribution in [2.75, 3.05) is 54.1 Å². The van der Waals surface area contributed by atoms with E-state index in [1.54, 1.807) is 0 Å². The van der Waals surface area contributed by atoms with Crippen LogP contribution in [0.3, 0.4) is 0 Å². The smallest absolute Gasteiger partial charge is 0.306 e. The quantitative estimate of drug-likeness (QED) is 0.0223. The van der Waals surface area contributed by atoms with E-state index in [2.05, 4.69) is 26.0 Å². The second-order valence-electron chi connectivity index (χ2n) is 13.6. The van der Waals surface area contributed by atoms with Crippen LogP contribution in [-0.4, -0.2) is 70.7 Å². The number of carbonyl (C=O) groups is 1. The van der Waals surface area contributed by atoms with Crippen LogP contribution in [0.2, 0.25) is 0 Å². The van der Waals surface area contributed by atoms with Crippen LogP contribution in [0.1, 0.15) is 155 Å². The topological polar surface area (TPSA) is 94.1 Å². The Balaban J connectivity index is 4.32. The van der Waals surface area contributed by atoms with Gasteiger partial charge in [0, 0.05) is 13.0 Å². The summed E-state index contributed by atoms with van der Waals surface area (Å²) in [6, 6.07) is 0. The molecular weight excluding hydrogens is 589 g/mol. The number of phosphoric ester groups is 1. The van der Waals surface area contributed by atoms with Gasteiger partial charge in [0.05, 0.1) is 34.4 Å². The number of unbranched alkanes of at least 4 members (excludes halogenated alkanes) is 18. The van der Waals surface area contributed by atoms with Crippen molar-refractivity contribution in [3.63, 3.8) is 0 Å². The molecule has 0 amide bonds. The molecule has 0 heterocycles. The zero-order valence-electron chi connectivity index (χ0n) is 30.1. The number of carbonyl (C=O) groups excluding carboxylic acids is 1. The predicted octanol–water partition coefficient (Wildman–Crippen LogP) is 9.30. The summed E-state index contributed by atoms with van der Waals surface area (Å²) in [4.78, 5) is 24.8. The molecule has 0 radical (unpaired) electrons. The standard InChI is InChI=1S/C36H72NO7P/c1-6-8-10-12-14-16-18-20-22-24-26-28-31-41-33-35(34-43-45(39,40)42-32-30-37(3,4)5)44-36(38)29-27-25-23-21-19-17-15-13-11-9-7-2/h13,15,35H,6-12,14,16-34H2,1-5H3/b15-13-. The maximum atomic E-state index is 12.5. The first kappa shape index (κ1) is 44.2. The third-order valence-electron chi connectivity index (χ3n) is 7.82. The van der Waals surface area contributed by atoms with Crippen LogP contribution in [0.25, 0.3) is 0 Å². The van der Waals surface area contributed by atoms with Crippen molar-refractivity contribution in [1.82, 2.24) is 0 Å². The summed E-state index contributed by atoms with van der Waals surface area (Å²) in [5, 5.41) is 0. The second kappa shape index (κ2) is 30.6. The van der Waals surface area contributed by atoms with E-state index in [9.17, 15) is 14.3 Å². The fourth-order valence-corrected chi connectivity index (χ4v) is 5.61. The van der Waals surface area contributed by atoms with Crippen LogP contribution in [0.15, 0.2) is 12.2 Å². The minimum Gasteiger partial charge on any atom is -0.756 e. The van der Waals surface area contributed by atoms with Crippen molar-refractivity contribution in [2.24, 2.45) is 0 Å². The molecule has 45 heavy (non-hydrogen) atoms. The first-order chi connectivity index (χ1) is 21.6. The van der Waals surface area contributed by atoms with Gasteiger partial charge in [-0.15, -0.1) is 0 Å². The van der Waals surface area contributed by atoms with E-state index in [4.69, 9.17) is 18.5 Å². The largest absolute Gasteiger partial charge is 0.756 e. The highest BCUT2D eigenvalue weighted by Crippen LogP contribution is 2.38. The normalized spacial score (nSPS) is 14.2. The second-order valence-corrected chi connectivity index (χ2v) is 15.0. The fourth-order valence-electron chi connectivity index (χ4n) is 4.88. The number of allylic oxidation sites excluding steroid dienone is 2. The number of rotatable bonds is 34. The molecule has 0 saturated carbocycles. The molecule has 0 spiro atoms. The van der Waals surface area contributed by atoms with Crippen molar-refractivity contribution in [1.29, 1.82) is 0 Å². The van der Waals surface area contributed by atoms with Crippen molar-refractivity contribution >= 4 is 13.8 Å². The van der Waals surface area contributed by atoms with E-state index in [0.29, 0.717) is 24.1 Å². The molecule has 0 bridgehead atoms. The number of esters is 1. The first-order valence-corrected chi connectivity index (χ1v) is 19.9. The molecule has 0 aromatic carbocycles. The van der Waals surface area contributed by atoms with E-state index >= 15 is 0 Å². The van der Waals surface area contributed by atoms with Gasteiger partial charge in [0.15, 0.2) is 0 Å². The van der Waals surface area contributed by atoms with Gasteiger partial charge in [-0.25, -0.2) is 0 Å². The number of ether oxygens (including phenoxy) is 2. The van der Waals surface area contributed by atoms with Crippen molar-refractivity contribution in [3.05, 3.63) is 12.2 Å². The summed E-state index contributed by atoms with van der Waals surface area (Å²) in [6.45, 7) is 5.36. The summed E-state index contributed by atoms with van der Waals surface area (Å²) < 4.78 is 34.3. The number of hydrogen-bond donors (Lipinski definition) is 0. The van der Waals surface area contributed by atoms with Crippen LogP contribution < -0.4 is 4.89 Å². The van der Waals surface area contributed by atoms with Gasteiger partial charge in [-0.05, 0) is 32.1 Å². The average molecular weight is 662 g/mol. The van der Waals surface area contributed by atoms with Gasteiger partial charge in [-0.1, -0.05) is 129 Å². The van der Waals surface area contributed by atoms with Gasteiger partial charge >= 0.3 is 5.97 Å². The molecule has 8 nitrogen and oxygen atoms in total. The molecule has 0 aromatic heterocycles. The third-order valence-corrected chi connectivity index (χ3v) is 8.78. The van der Waals surface area contributed by atoms with E-state index in [1.807, 2.05) is 21.1 Å². The molecular formula is C36H72NO7P. The lowest BCUT2D eigenvalue weighted by atomic mass is 10.1. The lowest BCUT2D eigenvalue weighted by Gasteiger charge is -2.28. The summed E-state index contributed by atoms with van der Waals surface area (Å²) in [5.41, 5.74) is 0. The van der Waals surface area contributed by atoms with Crippen LogP contribution in [0, 0.1) is 0 Å². The molecule has 2 unspecified atom stereocenters. The Morgan fingerprint density at radius 3 is 1.76 bits per heavy atom. The van der Waals surface area contributed by atoms with Gasteiger partial charge in [0.1, 0.15) is 19.3 Å². The van der Waals surface area contributed by atoms with Crippen molar-refractivity contribution in [2.45, 2.75) is 161 Å². The number of phosphoric acid groups is 1. The van der Waals surface area contributed by atoms with E-state index < -0.39 is 13.9 Å². The zero-order valence-corrected chi connectivity index (χ0v) is 31.0. The molecule has 0 saturated heterocycles. The lowest BCUT2D eigenvalue weighted by Crippen LogP contribution is -2.37. The number of likely N-dealkylation sites (N-methyl/N-ethyl adjacent to an activating group) is 1. The molecule has 0 aliphatic carbocycles. The Hall–Kier alpha value is -0.760. The molecule has 0 aromatic rings. The van der Waals surface area contributed by atoms with Gasteiger partial charge in [0.25, 0.3) is 7.82 Å². The lowest BCUT2D eigenvalue weighted by molar-refractivity contribution is -0.870. The summed E-state index contributed by atoms with van der Waals surface area (Å²) >= 11 is 0. The SMILES string of the molecule is CCCC/C=C\CCCCCCCC(=O)OC(COCCCCCCCCCCCCCC)COP(=O)([O-])OCC[N+](C)(C)C. The Kier molecular flexibility index (Phi) is 30.0. The van der Waals surface area contributed by atoms with Crippen LogP contribution in [0.5, 0.6) is 0 Å². The first-order valence-electron chi connectivity index (χ1n) is 18.4. The van der Waals surface area contributed by atoms with Gasteiger partial charge in [-0.3, -0.25) is 9.36 Å². The number of nitrogens with zero attached hydrogens (tertiary/aromatic N) is 1. The van der Waals surface area contributed by atoms with Crippen LogP contribution >= 0.6 is 7.82 Å². The Labute approximate surface area is 278 Å². The fraction of sp³-hybridized carbons (Fsp3) is 0.917. The Bertz CT molecular complexity index is 741. The third kappa shape index (κ3) is 34.4. The molecule has 268 valence electrons. The van der Waals surface area contributed by atoms with Crippen molar-refractivity contribution in [3.8, 4) is 0 Å². The highest BCUT2D eigenvalue weighted by molar-refractivity contribution is 7.45. The van der Waals surface area contributed by atoms with Crippen molar-refractivity contribution < 1.29 is 37.3 Å². The van der Waals surface area contributed by atoms with Gasteiger partial charge in [-0.2, -0.15) is 0 Å². The minimum atomic E-state index is -4.51. The van der Waals surface area contributed by atoms with Gasteiger partial charge in [0.2, 0.25) is 0 Å². The molecule has 0 fully saturated rings. The average Bonchev–Trinajstić information content (AvgIpc) is 2.98. The molecule has 2 atom stereocenters. The minimum absolute atomic E-state index is 0.0271. The molecule has 0 aliphatic rings. The maximum absolute atomic E-state index is 12.5. The van der Waals surface area contributed by atoms with Crippen LogP contribution in [-0.2, 0) is 27.9 Å². The molecule has 0 aliphatic heterocycles. The monoisotopic (exact) mass is 662 g/mol. The number of hydrogen-bond acceptors (Lipinski definition) is 7. The molecule has 0 N–H and O–H groups in total. The maximum Gasteiger partial charge on any atom is 0.306 e. The molecule has 9 heteroatoms. The summed E-state index contributed by atoms with van der Waals surface area (Å²) in [6.07, 6.45) is 29.3. The summed E-state index contributed by atoms with van der Waals surface area (Å²) in [5.74, 6) is -0.344. The predicted molar refractivity (Wildman–Crippen MR) is 185 cm³/mol. The molecule has 0 rings (SSSR count). The zero-order chi connectivity index (χ0) is 33.5. The highest BCUT2D eigenvalue weighted by Gasteiger charge is 2.20. The summed E-state index contributed by atoms with van der Waals surface area (Å²) in [7, 11) is 1.35.